The second-order valence-electron chi connectivity index (χ2n) is 8.57. The number of rotatable bonds is 5. The van der Waals surface area contributed by atoms with Crippen LogP contribution in [0.3, 0.4) is 0 Å². The second kappa shape index (κ2) is 9.48. The van der Waals surface area contributed by atoms with E-state index in [1.54, 1.807) is 0 Å². The molecule has 0 aliphatic carbocycles. The highest BCUT2D eigenvalue weighted by Gasteiger charge is 2.25. The minimum Gasteiger partial charge on any atom is -0.344 e. The predicted molar refractivity (Wildman–Crippen MR) is 120 cm³/mol. The summed E-state index contributed by atoms with van der Waals surface area (Å²) in [5.74, 6) is 1.03. The molecule has 2 heterocycles. The summed E-state index contributed by atoms with van der Waals surface area (Å²) in [6.45, 7) is 13.1. The molecular weight excluding hydrogens is 346 g/mol. The van der Waals surface area contributed by atoms with Gasteiger partial charge in [0.05, 0.1) is 0 Å². The molecule has 28 heavy (non-hydrogen) atoms. The molecule has 1 N–H and O–H groups in total. The van der Waals surface area contributed by atoms with E-state index in [2.05, 4.69) is 72.2 Å². The first-order valence-corrected chi connectivity index (χ1v) is 10.5. The van der Waals surface area contributed by atoms with Gasteiger partial charge in [-0.05, 0) is 49.1 Å². The number of amidine groups is 1. The third kappa shape index (κ3) is 5.76. The van der Waals surface area contributed by atoms with Gasteiger partial charge in [0, 0.05) is 63.8 Å². The molecule has 1 aromatic carbocycles. The third-order valence-electron chi connectivity index (χ3n) is 5.79. The Morgan fingerprint density at radius 1 is 1.14 bits per heavy atom. The summed E-state index contributed by atoms with van der Waals surface area (Å²) >= 11 is 0. The van der Waals surface area contributed by atoms with Gasteiger partial charge >= 0.3 is 0 Å². The maximum atomic E-state index is 4.71. The van der Waals surface area contributed by atoms with Crippen molar-refractivity contribution in [1.29, 1.82) is 0 Å². The van der Waals surface area contributed by atoms with Crippen LogP contribution in [0.5, 0.6) is 0 Å². The van der Waals surface area contributed by atoms with Gasteiger partial charge in [-0.15, -0.1) is 0 Å². The van der Waals surface area contributed by atoms with Gasteiger partial charge in [0.15, 0.2) is 0 Å². The van der Waals surface area contributed by atoms with Crippen LogP contribution in [-0.2, 0) is 6.54 Å². The summed E-state index contributed by atoms with van der Waals surface area (Å²) in [4.78, 5) is 14.1. The van der Waals surface area contributed by atoms with Crippen LogP contribution in [0, 0.1) is 5.41 Å². The first-order chi connectivity index (χ1) is 13.5. The van der Waals surface area contributed by atoms with Crippen LogP contribution in [0.4, 0.5) is 5.69 Å². The maximum absolute atomic E-state index is 4.71. The molecule has 0 atom stereocenters. The highest BCUT2D eigenvalue weighted by molar-refractivity contribution is 5.96. The zero-order valence-corrected chi connectivity index (χ0v) is 17.9. The molecule has 152 valence electrons. The van der Waals surface area contributed by atoms with Crippen molar-refractivity contribution >= 4 is 17.7 Å². The van der Waals surface area contributed by atoms with Crippen molar-refractivity contribution in [2.45, 2.75) is 40.2 Å². The normalized spacial score (nSPS) is 21.3. The van der Waals surface area contributed by atoms with Gasteiger partial charge in [-0.1, -0.05) is 26.0 Å². The van der Waals surface area contributed by atoms with Gasteiger partial charge < -0.3 is 10.2 Å². The minimum atomic E-state index is 0.0952. The zero-order valence-electron chi connectivity index (χ0n) is 17.9. The largest absolute Gasteiger partial charge is 0.344 e. The molecule has 0 aromatic heterocycles. The number of hydrogen-bond donors (Lipinski definition) is 1. The fraction of sp³-hybridized carbons (Fsp3) is 0.565. The molecular formula is C23H35N5. The number of piperazine rings is 1. The summed E-state index contributed by atoms with van der Waals surface area (Å²) in [5.41, 5.74) is 3.78. The maximum Gasteiger partial charge on any atom is 0.106 e. The summed E-state index contributed by atoms with van der Waals surface area (Å²) in [5, 5.41) is 3.51. The number of benzene rings is 1. The van der Waals surface area contributed by atoms with Gasteiger partial charge in [-0.25, -0.2) is 4.99 Å². The van der Waals surface area contributed by atoms with Crippen LogP contribution in [0.25, 0.3) is 0 Å². The van der Waals surface area contributed by atoms with E-state index in [1.807, 2.05) is 12.4 Å². The van der Waals surface area contributed by atoms with E-state index >= 15 is 0 Å². The minimum absolute atomic E-state index is 0.0952. The topological polar surface area (TPSA) is 43.2 Å². The van der Waals surface area contributed by atoms with E-state index < -0.39 is 0 Å². The van der Waals surface area contributed by atoms with Crippen molar-refractivity contribution < 1.29 is 0 Å². The Morgan fingerprint density at radius 3 is 2.54 bits per heavy atom. The van der Waals surface area contributed by atoms with Gasteiger partial charge in [0.2, 0.25) is 0 Å². The summed E-state index contributed by atoms with van der Waals surface area (Å²) in [6.07, 6.45) is 5.97. The highest BCUT2D eigenvalue weighted by Crippen LogP contribution is 2.33. The monoisotopic (exact) mass is 381 g/mol. The first-order valence-electron chi connectivity index (χ1n) is 10.5. The van der Waals surface area contributed by atoms with Crippen LogP contribution >= 0.6 is 0 Å². The summed E-state index contributed by atoms with van der Waals surface area (Å²) < 4.78 is 0. The van der Waals surface area contributed by atoms with E-state index in [9.17, 15) is 0 Å². The molecule has 0 unspecified atom stereocenters. The van der Waals surface area contributed by atoms with Crippen LogP contribution in [0.15, 0.2) is 46.0 Å². The lowest BCUT2D eigenvalue weighted by molar-refractivity contribution is 0.148. The van der Waals surface area contributed by atoms with E-state index in [0.29, 0.717) is 0 Å². The van der Waals surface area contributed by atoms with Gasteiger partial charge in [-0.3, -0.25) is 9.89 Å². The van der Waals surface area contributed by atoms with Crippen LogP contribution in [-0.4, -0.2) is 61.6 Å². The molecule has 3 rings (SSSR count). The van der Waals surface area contributed by atoms with Gasteiger partial charge in [0.1, 0.15) is 5.84 Å². The predicted octanol–water partition coefficient (Wildman–Crippen LogP) is 4.04. The van der Waals surface area contributed by atoms with Gasteiger partial charge in [-0.2, -0.15) is 0 Å². The highest BCUT2D eigenvalue weighted by atomic mass is 15.2. The van der Waals surface area contributed by atoms with Crippen molar-refractivity contribution in [3.05, 3.63) is 41.6 Å². The molecule has 1 fully saturated rings. The molecule has 0 amide bonds. The molecule has 5 nitrogen and oxygen atoms in total. The molecule has 0 spiro atoms. The summed E-state index contributed by atoms with van der Waals surface area (Å²) in [7, 11) is 2.20. The van der Waals surface area contributed by atoms with Crippen molar-refractivity contribution in [2.75, 3.05) is 45.1 Å². The molecule has 2 aliphatic rings. The lowest BCUT2D eigenvalue weighted by Crippen LogP contribution is -2.43. The fourth-order valence-electron chi connectivity index (χ4n) is 3.58. The number of allylic oxidation sites excluding steroid dienone is 1. The van der Waals surface area contributed by atoms with Crippen LogP contribution < -0.4 is 5.32 Å². The Hall–Kier alpha value is -1.98. The van der Waals surface area contributed by atoms with Crippen molar-refractivity contribution in [3.63, 3.8) is 0 Å². The molecule has 0 radical (unpaired) electrons. The number of nitrogens with one attached hydrogen (secondary N) is 1. The Labute approximate surface area is 170 Å². The third-order valence-corrected chi connectivity index (χ3v) is 5.79. The zero-order chi connectivity index (χ0) is 20.0. The Bertz CT molecular complexity index is 722. The molecule has 2 aliphatic heterocycles. The quantitative estimate of drug-likeness (QED) is 0.783. The average Bonchev–Trinajstić information content (AvgIpc) is 2.82. The number of nitrogens with zero attached hydrogens (tertiary/aromatic N) is 4. The van der Waals surface area contributed by atoms with Crippen molar-refractivity contribution in [2.24, 2.45) is 15.4 Å². The van der Waals surface area contributed by atoms with Crippen molar-refractivity contribution in [1.82, 2.24) is 9.80 Å². The average molecular weight is 382 g/mol. The molecule has 0 bridgehead atoms. The second-order valence-corrected chi connectivity index (χ2v) is 8.57. The van der Waals surface area contributed by atoms with E-state index in [0.717, 1.165) is 63.6 Å². The standard InChI is InChI=1S/C23H35N5/c1-5-24-16-20-17-25-22(10-11-23(20,2)3)26-21-8-6-19(7-9-21)18-28-14-12-27(4)13-15-28/h6-9,16-17H,5,10-15,18H2,1-4H3,(H,25,26). The molecule has 1 aromatic rings. The Kier molecular flexibility index (Phi) is 7.03. The fourth-order valence-corrected chi connectivity index (χ4v) is 3.58. The number of likely N-dealkylation sites (N-methyl/N-ethyl adjacent to an activating group) is 1. The van der Waals surface area contributed by atoms with Crippen LogP contribution in [0.1, 0.15) is 39.2 Å². The smallest absolute Gasteiger partial charge is 0.106 e. The Morgan fingerprint density at radius 2 is 1.86 bits per heavy atom. The van der Waals surface area contributed by atoms with Gasteiger partial charge in [0.25, 0.3) is 0 Å². The van der Waals surface area contributed by atoms with Crippen molar-refractivity contribution in [3.8, 4) is 0 Å². The summed E-state index contributed by atoms with van der Waals surface area (Å²) in [6, 6.07) is 8.81. The SMILES string of the molecule is CCN=CC1=CN=C(Nc2ccc(CN3CCN(C)CC3)cc2)CCC1(C)C. The lowest BCUT2D eigenvalue weighted by Gasteiger charge is -2.32. The van der Waals surface area contributed by atoms with Crippen LogP contribution in [0.2, 0.25) is 0 Å². The number of aliphatic imine (C=N–C) groups is 2. The molecule has 5 heteroatoms. The number of hydrogen-bond acceptors (Lipinski definition) is 5. The van der Waals surface area contributed by atoms with E-state index in [4.69, 9.17) is 4.99 Å². The molecule has 0 saturated carbocycles. The first kappa shape index (κ1) is 20.7. The lowest BCUT2D eigenvalue weighted by atomic mass is 9.81. The Balaban J connectivity index is 1.60. The van der Waals surface area contributed by atoms with E-state index in [1.165, 1.54) is 11.1 Å². The van der Waals surface area contributed by atoms with E-state index in [-0.39, 0.29) is 5.41 Å². The number of anilines is 1. The molecule has 1 saturated heterocycles.